The molecule has 1 unspecified atom stereocenters. The van der Waals surface area contributed by atoms with Crippen LogP contribution in [-0.4, -0.2) is 64.0 Å². The second-order valence-electron chi connectivity index (χ2n) is 11.9. The molecule has 0 spiro atoms. The molecule has 3 amide bonds. The number of fused-ring (bicyclic) bond motifs is 1. The van der Waals surface area contributed by atoms with Gasteiger partial charge in [0, 0.05) is 13.1 Å². The van der Waals surface area contributed by atoms with Crippen molar-refractivity contribution >= 4 is 45.4 Å². The average molecular weight is 609 g/mol. The summed E-state index contributed by atoms with van der Waals surface area (Å²) in [6.07, 6.45) is 1.00. The van der Waals surface area contributed by atoms with Gasteiger partial charge < -0.3 is 25.4 Å². The fourth-order valence-corrected chi connectivity index (χ4v) is 6.63. The number of nitrogens with one attached hydrogen (secondary N) is 2. The third-order valence-electron chi connectivity index (χ3n) is 7.64. The van der Waals surface area contributed by atoms with Crippen molar-refractivity contribution in [1.29, 1.82) is 0 Å². The molecule has 4 rings (SSSR count). The molecular formula is C32H40N4O6S. The van der Waals surface area contributed by atoms with Gasteiger partial charge in [-0.05, 0) is 55.2 Å². The van der Waals surface area contributed by atoms with E-state index < -0.39 is 35.6 Å². The normalized spacial score (nSPS) is 17.7. The van der Waals surface area contributed by atoms with E-state index in [1.807, 2.05) is 75.4 Å². The highest BCUT2D eigenvalue weighted by atomic mass is 32.1. The number of ether oxygens (including phenoxy) is 1. The molecule has 43 heavy (non-hydrogen) atoms. The van der Waals surface area contributed by atoms with Crippen molar-refractivity contribution in [2.45, 2.75) is 71.6 Å². The summed E-state index contributed by atoms with van der Waals surface area (Å²) >= 11 is 1.29. The first-order valence-corrected chi connectivity index (χ1v) is 15.5. The molecule has 0 bridgehead atoms. The Kier molecular flexibility index (Phi) is 10.7. The fraction of sp³-hybridized carbons (Fsp3) is 0.469. The van der Waals surface area contributed by atoms with Crippen molar-refractivity contribution in [1.82, 2.24) is 20.5 Å². The zero-order chi connectivity index (χ0) is 31.0. The number of alkyl carbamates (subject to hydrolysis) is 1. The van der Waals surface area contributed by atoms with Crippen LogP contribution in [0.4, 0.5) is 9.59 Å². The maximum atomic E-state index is 13.7. The number of para-hydroxylation sites is 1. The van der Waals surface area contributed by atoms with Gasteiger partial charge in [0.1, 0.15) is 6.61 Å². The molecule has 1 aromatic heterocycles. The Morgan fingerprint density at radius 3 is 2.49 bits per heavy atom. The van der Waals surface area contributed by atoms with Crippen molar-refractivity contribution in [2.24, 2.45) is 11.3 Å². The minimum Gasteiger partial charge on any atom is -0.465 e. The maximum Gasteiger partial charge on any atom is 0.407 e. The standard InChI is InChI=1S/C32H40N4O6S/c1-32(2,3)27-22(14-11-19-36(27)31(40)41)28(38)34-24(26(37)29-35-23-15-7-8-17-25(23)43-29)16-9-10-18-33-30(39)42-20-21-12-5-4-6-13-21/h4-8,12-13,15,17,22,24,27H,9-11,14,16,18-20H2,1-3H3,(H,33,39)(H,34,38)(H,40,41)/t22-,24-,27?/m0/s1. The molecule has 0 aliphatic carbocycles. The highest BCUT2D eigenvalue weighted by Crippen LogP contribution is 2.36. The van der Waals surface area contributed by atoms with E-state index in [0.29, 0.717) is 50.2 Å². The van der Waals surface area contributed by atoms with Gasteiger partial charge in [0.25, 0.3) is 0 Å². The van der Waals surface area contributed by atoms with Gasteiger partial charge in [-0.2, -0.15) is 0 Å². The first-order chi connectivity index (χ1) is 20.5. The first-order valence-electron chi connectivity index (χ1n) is 14.7. The Bertz CT molecular complexity index is 1390. The van der Waals surface area contributed by atoms with Gasteiger partial charge in [-0.3, -0.25) is 9.59 Å². The Morgan fingerprint density at radius 2 is 1.79 bits per heavy atom. The molecule has 11 heteroatoms. The molecule has 10 nitrogen and oxygen atoms in total. The van der Waals surface area contributed by atoms with Crippen LogP contribution in [0.5, 0.6) is 0 Å². The van der Waals surface area contributed by atoms with Crippen LogP contribution in [0.1, 0.15) is 68.2 Å². The molecule has 1 saturated heterocycles. The van der Waals surface area contributed by atoms with Crippen molar-refractivity contribution < 1.29 is 29.0 Å². The van der Waals surface area contributed by atoms with Crippen molar-refractivity contribution in [3.05, 3.63) is 65.2 Å². The maximum absolute atomic E-state index is 13.7. The van der Waals surface area contributed by atoms with E-state index in [9.17, 15) is 24.3 Å². The van der Waals surface area contributed by atoms with E-state index in [2.05, 4.69) is 15.6 Å². The molecule has 0 radical (unpaired) electrons. The summed E-state index contributed by atoms with van der Waals surface area (Å²) in [6, 6.07) is 15.5. The number of unbranched alkanes of at least 4 members (excludes halogenated alkanes) is 1. The van der Waals surface area contributed by atoms with Gasteiger partial charge in [-0.15, -0.1) is 11.3 Å². The zero-order valence-corrected chi connectivity index (χ0v) is 25.7. The van der Waals surface area contributed by atoms with Gasteiger partial charge in [-0.1, -0.05) is 63.2 Å². The molecule has 1 aliphatic rings. The second kappa shape index (κ2) is 14.5. The van der Waals surface area contributed by atoms with Crippen LogP contribution in [0, 0.1) is 11.3 Å². The second-order valence-corrected chi connectivity index (χ2v) is 13.0. The number of carboxylic acid groups (broad SMARTS) is 1. The summed E-state index contributed by atoms with van der Waals surface area (Å²) in [4.78, 5) is 57.5. The number of ketones is 1. The molecule has 230 valence electrons. The molecule has 2 heterocycles. The molecule has 1 fully saturated rings. The van der Waals surface area contributed by atoms with Crippen molar-refractivity contribution in [3.8, 4) is 0 Å². The minimum atomic E-state index is -1.05. The Balaban J connectivity index is 1.41. The number of aromatic nitrogens is 1. The Hall–Kier alpha value is -3.99. The number of piperidine rings is 1. The van der Waals surface area contributed by atoms with Gasteiger partial charge in [0.05, 0.1) is 28.2 Å². The molecular weight excluding hydrogens is 568 g/mol. The third kappa shape index (κ3) is 8.53. The van der Waals surface area contributed by atoms with Crippen LogP contribution in [0.3, 0.4) is 0 Å². The van der Waals surface area contributed by atoms with Crippen molar-refractivity contribution in [2.75, 3.05) is 13.1 Å². The van der Waals surface area contributed by atoms with Crippen LogP contribution >= 0.6 is 11.3 Å². The smallest absolute Gasteiger partial charge is 0.407 e. The molecule has 2 aromatic carbocycles. The number of nitrogens with zero attached hydrogens (tertiary/aromatic N) is 2. The van der Waals surface area contributed by atoms with Crippen LogP contribution in [0.2, 0.25) is 0 Å². The largest absolute Gasteiger partial charge is 0.465 e. The molecule has 3 N–H and O–H groups in total. The number of Topliss-reactive ketones (excluding diaryl/α,β-unsaturated/α-hetero) is 1. The minimum absolute atomic E-state index is 0.174. The highest BCUT2D eigenvalue weighted by molar-refractivity contribution is 7.20. The van der Waals surface area contributed by atoms with Gasteiger partial charge in [0.2, 0.25) is 11.7 Å². The number of thiazole rings is 1. The summed E-state index contributed by atoms with van der Waals surface area (Å²) in [6.45, 7) is 6.69. The van der Waals surface area contributed by atoms with Crippen LogP contribution < -0.4 is 10.6 Å². The topological polar surface area (TPSA) is 138 Å². The third-order valence-corrected chi connectivity index (χ3v) is 8.69. The monoisotopic (exact) mass is 608 g/mol. The van der Waals surface area contributed by atoms with Gasteiger partial charge in [-0.25, -0.2) is 14.6 Å². The van der Waals surface area contributed by atoms with E-state index in [-0.39, 0.29) is 18.3 Å². The van der Waals surface area contributed by atoms with E-state index in [1.54, 1.807) is 0 Å². The Morgan fingerprint density at radius 1 is 1.07 bits per heavy atom. The number of rotatable bonds is 11. The molecule has 3 aromatic rings. The summed E-state index contributed by atoms with van der Waals surface area (Å²) in [5.74, 6) is -1.19. The number of carbonyl (C=O) groups is 4. The molecule has 0 saturated carbocycles. The number of hydrogen-bond donors (Lipinski definition) is 3. The number of likely N-dealkylation sites (tertiary alicyclic amines) is 1. The van der Waals surface area contributed by atoms with Gasteiger partial charge >= 0.3 is 12.2 Å². The van der Waals surface area contributed by atoms with E-state index in [4.69, 9.17) is 4.74 Å². The SMILES string of the molecule is CC(C)(C)C1[C@@H](C(=O)N[C@@H](CCCCNC(=O)OCc2ccccc2)C(=O)c2nc3ccccc3s2)CCCN1C(=O)O. The number of hydrogen-bond acceptors (Lipinski definition) is 7. The van der Waals surface area contributed by atoms with Crippen LogP contribution in [0.15, 0.2) is 54.6 Å². The predicted octanol–water partition coefficient (Wildman–Crippen LogP) is 5.87. The molecule has 1 aliphatic heterocycles. The van der Waals surface area contributed by atoms with Crippen molar-refractivity contribution in [3.63, 3.8) is 0 Å². The number of benzene rings is 2. The summed E-state index contributed by atoms with van der Waals surface area (Å²) in [5, 5.41) is 15.9. The quantitative estimate of drug-likeness (QED) is 0.183. The summed E-state index contributed by atoms with van der Waals surface area (Å²) < 4.78 is 6.13. The van der Waals surface area contributed by atoms with Crippen LogP contribution in [-0.2, 0) is 16.1 Å². The first kappa shape index (κ1) is 31.9. The van der Waals surface area contributed by atoms with E-state index in [1.165, 1.54) is 16.2 Å². The lowest BCUT2D eigenvalue weighted by Gasteiger charge is -2.46. The lowest BCUT2D eigenvalue weighted by atomic mass is 9.73. The predicted molar refractivity (Wildman–Crippen MR) is 165 cm³/mol. The van der Waals surface area contributed by atoms with Crippen LogP contribution in [0.25, 0.3) is 10.2 Å². The Labute approximate surface area is 255 Å². The lowest BCUT2D eigenvalue weighted by Crippen LogP contribution is -2.59. The number of amides is 3. The average Bonchev–Trinajstić information content (AvgIpc) is 3.43. The van der Waals surface area contributed by atoms with E-state index in [0.717, 1.165) is 15.8 Å². The fourth-order valence-electron chi connectivity index (χ4n) is 5.67. The highest BCUT2D eigenvalue weighted by Gasteiger charge is 2.45. The number of carbonyl (C=O) groups excluding carboxylic acids is 3. The summed E-state index contributed by atoms with van der Waals surface area (Å²) in [5.41, 5.74) is 1.13. The molecule has 3 atom stereocenters. The zero-order valence-electron chi connectivity index (χ0n) is 24.9. The lowest BCUT2D eigenvalue weighted by molar-refractivity contribution is -0.131. The van der Waals surface area contributed by atoms with E-state index >= 15 is 0 Å². The summed E-state index contributed by atoms with van der Waals surface area (Å²) in [7, 11) is 0. The van der Waals surface area contributed by atoms with Gasteiger partial charge in [0.15, 0.2) is 5.01 Å².